The third kappa shape index (κ3) is 3.92. The molecular weight excluding hydrogens is 330 g/mol. The van der Waals surface area contributed by atoms with Crippen LogP contribution in [-0.4, -0.2) is 27.7 Å². The maximum Gasteiger partial charge on any atom is 0.351 e. The molecular formula is C17H15NO7. The van der Waals surface area contributed by atoms with Gasteiger partial charge in [-0.05, 0) is 38.1 Å². The van der Waals surface area contributed by atoms with Gasteiger partial charge < -0.3 is 19.4 Å². The molecule has 0 aliphatic carbocycles. The highest BCUT2D eigenvalue weighted by Gasteiger charge is 2.23. The Labute approximate surface area is 142 Å². The number of hydrogen-bond donors (Lipinski definition) is 2. The summed E-state index contributed by atoms with van der Waals surface area (Å²) in [5, 5.41) is 19.6. The standard InChI is InChI=1S/C17H15NO7/c1-8(18-11-4-6-12(7-5-11)24-10(3)20)13-15(21)14(9(2)19)17(23)25-16(13)22/h4-7,21,23H,1-3H3. The summed E-state index contributed by atoms with van der Waals surface area (Å²) in [5.74, 6) is -2.44. The van der Waals surface area contributed by atoms with Crippen molar-refractivity contribution in [3.8, 4) is 17.4 Å². The molecule has 0 aliphatic rings. The first-order valence-corrected chi connectivity index (χ1v) is 7.14. The number of benzene rings is 1. The van der Waals surface area contributed by atoms with Gasteiger partial charge in [-0.3, -0.25) is 14.6 Å². The number of hydrogen-bond acceptors (Lipinski definition) is 8. The van der Waals surface area contributed by atoms with E-state index in [1.807, 2.05) is 0 Å². The molecule has 1 aromatic heterocycles. The number of ether oxygens (including phenoxy) is 1. The Morgan fingerprint density at radius 2 is 1.64 bits per heavy atom. The Morgan fingerprint density at radius 1 is 1.04 bits per heavy atom. The normalized spacial score (nSPS) is 11.2. The maximum absolute atomic E-state index is 11.9. The summed E-state index contributed by atoms with van der Waals surface area (Å²) >= 11 is 0. The fourth-order valence-corrected chi connectivity index (χ4v) is 2.15. The van der Waals surface area contributed by atoms with Crippen LogP contribution in [0.3, 0.4) is 0 Å². The second-order valence-corrected chi connectivity index (χ2v) is 5.13. The molecule has 1 aromatic carbocycles. The number of aliphatic imine (C=N–C) groups is 1. The third-order valence-electron chi connectivity index (χ3n) is 3.19. The van der Waals surface area contributed by atoms with Crippen molar-refractivity contribution >= 4 is 23.2 Å². The zero-order valence-corrected chi connectivity index (χ0v) is 13.7. The quantitative estimate of drug-likeness (QED) is 0.377. The molecule has 8 heteroatoms. The van der Waals surface area contributed by atoms with Crippen LogP contribution < -0.4 is 10.4 Å². The number of carbonyl (C=O) groups is 2. The molecule has 2 N–H and O–H groups in total. The van der Waals surface area contributed by atoms with Gasteiger partial charge in [0, 0.05) is 6.92 Å². The SMILES string of the molecule is CC(=O)Oc1ccc(N=C(C)c2c(O)c(C(C)=O)c(O)oc2=O)cc1. The Hall–Kier alpha value is -3.42. The fourth-order valence-electron chi connectivity index (χ4n) is 2.15. The third-order valence-corrected chi connectivity index (χ3v) is 3.19. The highest BCUT2D eigenvalue weighted by Crippen LogP contribution is 2.29. The second-order valence-electron chi connectivity index (χ2n) is 5.13. The Bertz CT molecular complexity index is 923. The minimum absolute atomic E-state index is 0.0778. The lowest BCUT2D eigenvalue weighted by atomic mass is 10.1. The van der Waals surface area contributed by atoms with Gasteiger partial charge in [-0.25, -0.2) is 4.79 Å². The molecule has 0 atom stereocenters. The van der Waals surface area contributed by atoms with Crippen LogP contribution >= 0.6 is 0 Å². The van der Waals surface area contributed by atoms with Gasteiger partial charge in [-0.15, -0.1) is 0 Å². The van der Waals surface area contributed by atoms with Gasteiger partial charge in [0.05, 0.1) is 11.4 Å². The van der Waals surface area contributed by atoms with Crippen molar-refractivity contribution in [2.24, 2.45) is 4.99 Å². The van der Waals surface area contributed by atoms with E-state index in [0.717, 1.165) is 6.92 Å². The zero-order chi connectivity index (χ0) is 18.7. The summed E-state index contributed by atoms with van der Waals surface area (Å²) < 4.78 is 9.48. The zero-order valence-electron chi connectivity index (χ0n) is 13.7. The van der Waals surface area contributed by atoms with E-state index in [9.17, 15) is 24.6 Å². The van der Waals surface area contributed by atoms with E-state index in [4.69, 9.17) is 4.74 Å². The van der Waals surface area contributed by atoms with Gasteiger partial charge in [0.1, 0.15) is 22.6 Å². The number of esters is 1. The molecule has 0 spiro atoms. The van der Waals surface area contributed by atoms with Gasteiger partial charge in [0.25, 0.3) is 5.95 Å². The first-order chi connectivity index (χ1) is 11.7. The van der Waals surface area contributed by atoms with Gasteiger partial charge in [-0.1, -0.05) is 0 Å². The van der Waals surface area contributed by atoms with Crippen LogP contribution in [0.15, 0.2) is 38.5 Å². The molecule has 8 nitrogen and oxygen atoms in total. The van der Waals surface area contributed by atoms with E-state index in [-0.39, 0.29) is 11.3 Å². The molecule has 130 valence electrons. The predicted octanol–water partition coefficient (Wildman–Crippen LogP) is 2.32. The fraction of sp³-hybridized carbons (Fsp3) is 0.176. The van der Waals surface area contributed by atoms with Crippen molar-refractivity contribution in [3.05, 3.63) is 45.8 Å². The molecule has 0 amide bonds. The molecule has 25 heavy (non-hydrogen) atoms. The van der Waals surface area contributed by atoms with E-state index >= 15 is 0 Å². The van der Waals surface area contributed by atoms with Crippen molar-refractivity contribution in [2.75, 3.05) is 0 Å². The lowest BCUT2D eigenvalue weighted by Crippen LogP contribution is -2.15. The van der Waals surface area contributed by atoms with Crippen molar-refractivity contribution < 1.29 is 29.0 Å². The van der Waals surface area contributed by atoms with E-state index in [0.29, 0.717) is 11.4 Å². The lowest BCUT2D eigenvalue weighted by Gasteiger charge is -2.07. The van der Waals surface area contributed by atoms with Crippen molar-refractivity contribution in [1.29, 1.82) is 0 Å². The topological polar surface area (TPSA) is 126 Å². The van der Waals surface area contributed by atoms with Crippen LogP contribution in [-0.2, 0) is 4.79 Å². The summed E-state index contributed by atoms with van der Waals surface area (Å²) in [6, 6.07) is 6.08. The molecule has 1 heterocycles. The molecule has 0 unspecified atom stereocenters. The largest absolute Gasteiger partial charge is 0.506 e. The highest BCUT2D eigenvalue weighted by molar-refractivity contribution is 6.07. The van der Waals surface area contributed by atoms with Crippen LogP contribution in [0.1, 0.15) is 36.7 Å². The lowest BCUT2D eigenvalue weighted by molar-refractivity contribution is -0.131. The predicted molar refractivity (Wildman–Crippen MR) is 87.9 cm³/mol. The number of carbonyl (C=O) groups excluding carboxylic acids is 2. The molecule has 0 bridgehead atoms. The van der Waals surface area contributed by atoms with Crippen molar-refractivity contribution in [2.45, 2.75) is 20.8 Å². The van der Waals surface area contributed by atoms with Crippen LogP contribution in [0.4, 0.5) is 5.69 Å². The average Bonchev–Trinajstić information content (AvgIpc) is 2.47. The monoisotopic (exact) mass is 345 g/mol. The minimum Gasteiger partial charge on any atom is -0.506 e. The second kappa shape index (κ2) is 7.00. The van der Waals surface area contributed by atoms with Gasteiger partial charge in [0.2, 0.25) is 0 Å². The first kappa shape index (κ1) is 17.9. The number of aromatic hydroxyl groups is 2. The van der Waals surface area contributed by atoms with Gasteiger partial charge in [-0.2, -0.15) is 0 Å². The Balaban J connectivity index is 2.47. The summed E-state index contributed by atoms with van der Waals surface area (Å²) in [6.45, 7) is 3.82. The van der Waals surface area contributed by atoms with Gasteiger partial charge >= 0.3 is 11.6 Å². The van der Waals surface area contributed by atoms with E-state index in [1.165, 1.54) is 38.1 Å². The first-order valence-electron chi connectivity index (χ1n) is 7.14. The summed E-state index contributed by atoms with van der Waals surface area (Å²) in [6.07, 6.45) is 0. The molecule has 0 saturated carbocycles. The number of rotatable bonds is 4. The van der Waals surface area contributed by atoms with Crippen LogP contribution in [0.5, 0.6) is 17.4 Å². The van der Waals surface area contributed by atoms with Crippen LogP contribution in [0, 0.1) is 0 Å². The summed E-state index contributed by atoms with van der Waals surface area (Å²) in [5.41, 5.74) is -1.36. The van der Waals surface area contributed by atoms with E-state index < -0.39 is 34.6 Å². The number of ketones is 1. The number of Topliss-reactive ketones (excluding diaryl/α,β-unsaturated/α-hetero) is 1. The molecule has 2 aromatic rings. The molecule has 2 rings (SSSR count). The van der Waals surface area contributed by atoms with Crippen LogP contribution in [0.2, 0.25) is 0 Å². The van der Waals surface area contributed by atoms with Gasteiger partial charge in [0.15, 0.2) is 5.78 Å². The van der Waals surface area contributed by atoms with E-state index in [2.05, 4.69) is 9.41 Å². The van der Waals surface area contributed by atoms with E-state index in [1.54, 1.807) is 0 Å². The van der Waals surface area contributed by atoms with Crippen molar-refractivity contribution in [1.82, 2.24) is 0 Å². The summed E-state index contributed by atoms with van der Waals surface area (Å²) in [4.78, 5) is 38.4. The van der Waals surface area contributed by atoms with Crippen LogP contribution in [0.25, 0.3) is 0 Å². The highest BCUT2D eigenvalue weighted by atomic mass is 16.5. The molecule has 0 saturated heterocycles. The molecule has 0 fully saturated rings. The molecule has 0 aliphatic heterocycles. The number of nitrogens with zero attached hydrogens (tertiary/aromatic N) is 1. The Morgan fingerprint density at radius 3 is 2.16 bits per heavy atom. The Kier molecular flexibility index (Phi) is 5.02. The summed E-state index contributed by atoms with van der Waals surface area (Å²) in [7, 11) is 0. The molecule has 0 radical (unpaired) electrons. The smallest absolute Gasteiger partial charge is 0.351 e. The average molecular weight is 345 g/mol. The maximum atomic E-state index is 11.9. The van der Waals surface area contributed by atoms with Crippen molar-refractivity contribution in [3.63, 3.8) is 0 Å². The minimum atomic E-state index is -1.03.